The van der Waals surface area contributed by atoms with Gasteiger partial charge in [0.15, 0.2) is 0 Å². The van der Waals surface area contributed by atoms with Gasteiger partial charge >= 0.3 is 5.97 Å². The number of esters is 1. The highest BCUT2D eigenvalue weighted by atomic mass is 16.5. The van der Waals surface area contributed by atoms with E-state index in [-0.39, 0.29) is 50.4 Å². The highest BCUT2D eigenvalue weighted by molar-refractivity contribution is 5.86. The van der Waals surface area contributed by atoms with Gasteiger partial charge in [0.2, 0.25) is 11.8 Å². The highest BCUT2D eigenvalue weighted by Crippen LogP contribution is 2.29. The summed E-state index contributed by atoms with van der Waals surface area (Å²) in [5, 5.41) is 15.6. The van der Waals surface area contributed by atoms with E-state index in [1.165, 1.54) is 0 Å². The number of amides is 2. The maximum Gasteiger partial charge on any atom is 0.305 e. The Labute approximate surface area is 220 Å². The lowest BCUT2D eigenvalue weighted by atomic mass is 9.95. The van der Waals surface area contributed by atoms with Gasteiger partial charge in [0.25, 0.3) is 0 Å². The Kier molecular flexibility index (Phi) is 13.7. The molecule has 1 aromatic carbocycles. The quantitative estimate of drug-likeness (QED) is 0.157. The predicted molar refractivity (Wildman–Crippen MR) is 142 cm³/mol. The van der Waals surface area contributed by atoms with E-state index in [9.17, 15) is 19.5 Å². The molecule has 1 aromatic rings. The van der Waals surface area contributed by atoms with E-state index in [0.29, 0.717) is 19.4 Å². The van der Waals surface area contributed by atoms with Crippen LogP contribution in [-0.4, -0.2) is 54.3 Å². The van der Waals surface area contributed by atoms with E-state index in [2.05, 4.69) is 23.8 Å². The molecule has 2 amide bonds. The number of unbranched alkanes of at least 4 members (excludes halogenated alkanes) is 1. The fourth-order valence-electron chi connectivity index (χ4n) is 4.43. The summed E-state index contributed by atoms with van der Waals surface area (Å²) < 4.78 is 11.2. The Morgan fingerprint density at radius 3 is 2.46 bits per heavy atom. The number of aliphatic hydroxyl groups is 1. The first-order chi connectivity index (χ1) is 17.9. The maximum atomic E-state index is 13.2. The van der Waals surface area contributed by atoms with Gasteiger partial charge in [-0.05, 0) is 37.7 Å². The number of carbonyl (C=O) groups is 3. The summed E-state index contributed by atoms with van der Waals surface area (Å²) >= 11 is 0. The monoisotopic (exact) mass is 514 g/mol. The topological polar surface area (TPSA) is 114 Å². The summed E-state index contributed by atoms with van der Waals surface area (Å²) in [6.07, 6.45) is 8.64. The molecule has 0 bridgehead atoms. The highest BCUT2D eigenvalue weighted by Gasteiger charge is 2.35. The summed E-state index contributed by atoms with van der Waals surface area (Å²) in [7, 11) is 0. The number of carbonyl (C=O) groups excluding carboxylic acids is 3. The van der Waals surface area contributed by atoms with Crippen LogP contribution < -0.4 is 10.6 Å². The second-order valence-corrected chi connectivity index (χ2v) is 9.69. The molecule has 204 valence electrons. The number of hydrogen-bond donors (Lipinski definition) is 3. The van der Waals surface area contributed by atoms with Crippen LogP contribution in [-0.2, 0) is 30.5 Å². The van der Waals surface area contributed by atoms with Crippen LogP contribution in [0.15, 0.2) is 55.6 Å². The Morgan fingerprint density at radius 1 is 1.08 bits per heavy atom. The van der Waals surface area contributed by atoms with Crippen molar-refractivity contribution in [2.75, 3.05) is 19.8 Å². The second-order valence-electron chi connectivity index (χ2n) is 9.69. The largest absolute Gasteiger partial charge is 0.463 e. The van der Waals surface area contributed by atoms with Crippen molar-refractivity contribution >= 4 is 17.8 Å². The summed E-state index contributed by atoms with van der Waals surface area (Å²) in [5.41, 5.74) is 0.389. The molecule has 0 aromatic heterocycles. The first kappa shape index (κ1) is 30.3. The molecule has 8 nitrogen and oxygen atoms in total. The standard InChI is InChI=1S/C29H42N2O6/c1-3-5-7-15-27(34)37-21-25(20-36-19-23-13-8-6-9-14-23)30-28(35)24(12-4-2)18-26(33)31-29(22-32)16-10-11-17-29/h3-4,6,8-9,13-14,24-25,32H,1-2,5,7,10-12,15-22H2,(H,30,35)(H,31,33). The zero-order valence-electron chi connectivity index (χ0n) is 21.8. The van der Waals surface area contributed by atoms with Gasteiger partial charge in [-0.2, -0.15) is 0 Å². The zero-order chi connectivity index (χ0) is 26.9. The Morgan fingerprint density at radius 2 is 1.81 bits per heavy atom. The van der Waals surface area contributed by atoms with Crippen molar-refractivity contribution < 1.29 is 29.0 Å². The summed E-state index contributed by atoms with van der Waals surface area (Å²) in [4.78, 5) is 38.0. The number of benzene rings is 1. The Balaban J connectivity index is 1.96. The number of hydrogen-bond acceptors (Lipinski definition) is 6. The van der Waals surface area contributed by atoms with Crippen LogP contribution in [0.4, 0.5) is 0 Å². The van der Waals surface area contributed by atoms with Crippen LogP contribution in [0.2, 0.25) is 0 Å². The molecule has 0 heterocycles. The number of allylic oxidation sites excluding steroid dienone is 2. The van der Waals surface area contributed by atoms with Crippen molar-refractivity contribution in [3.05, 3.63) is 61.2 Å². The lowest BCUT2D eigenvalue weighted by Crippen LogP contribution is -2.50. The van der Waals surface area contributed by atoms with Crippen molar-refractivity contribution in [2.24, 2.45) is 5.92 Å². The van der Waals surface area contributed by atoms with Gasteiger partial charge in [0.1, 0.15) is 6.61 Å². The fraction of sp³-hybridized carbons (Fsp3) is 0.552. The molecule has 1 aliphatic carbocycles. The molecule has 37 heavy (non-hydrogen) atoms. The van der Waals surface area contributed by atoms with Crippen molar-refractivity contribution in [3.63, 3.8) is 0 Å². The lowest BCUT2D eigenvalue weighted by molar-refractivity contribution is -0.146. The van der Waals surface area contributed by atoms with Gasteiger partial charge in [-0.25, -0.2) is 0 Å². The molecule has 8 heteroatoms. The molecule has 0 saturated heterocycles. The van der Waals surface area contributed by atoms with Gasteiger partial charge < -0.3 is 25.2 Å². The van der Waals surface area contributed by atoms with E-state index in [4.69, 9.17) is 9.47 Å². The minimum atomic E-state index is -0.644. The molecule has 1 fully saturated rings. The third-order valence-corrected chi connectivity index (χ3v) is 6.53. The first-order valence-corrected chi connectivity index (χ1v) is 13.1. The fourth-order valence-corrected chi connectivity index (χ4v) is 4.43. The molecule has 1 aliphatic rings. The van der Waals surface area contributed by atoms with E-state index >= 15 is 0 Å². The van der Waals surface area contributed by atoms with Crippen LogP contribution in [0.1, 0.15) is 63.4 Å². The van der Waals surface area contributed by atoms with Crippen LogP contribution in [0.5, 0.6) is 0 Å². The minimum absolute atomic E-state index is 0.0292. The van der Waals surface area contributed by atoms with Gasteiger partial charge in [0.05, 0.1) is 37.3 Å². The van der Waals surface area contributed by atoms with Crippen LogP contribution in [0.3, 0.4) is 0 Å². The molecular weight excluding hydrogens is 472 g/mol. The van der Waals surface area contributed by atoms with Crippen molar-refractivity contribution in [1.82, 2.24) is 10.6 Å². The number of ether oxygens (including phenoxy) is 2. The number of rotatable bonds is 18. The smallest absolute Gasteiger partial charge is 0.305 e. The van der Waals surface area contributed by atoms with Gasteiger partial charge in [-0.3, -0.25) is 14.4 Å². The molecule has 0 radical (unpaired) electrons. The number of aliphatic hydroxyl groups excluding tert-OH is 1. The minimum Gasteiger partial charge on any atom is -0.463 e. The summed E-state index contributed by atoms with van der Waals surface area (Å²) in [5.74, 6) is -1.61. The molecule has 2 rings (SSSR count). The summed E-state index contributed by atoms with van der Waals surface area (Å²) in [6.45, 7) is 7.72. The normalized spacial score (nSPS) is 15.8. The molecule has 2 unspecified atom stereocenters. The SMILES string of the molecule is C=CCCCC(=O)OCC(COCc1ccccc1)NC(=O)C(CC=C)CC(=O)NC1(CO)CCCC1. The van der Waals surface area contributed by atoms with Gasteiger partial charge in [-0.15, -0.1) is 13.2 Å². The van der Waals surface area contributed by atoms with E-state index in [0.717, 1.165) is 37.7 Å². The first-order valence-electron chi connectivity index (χ1n) is 13.1. The second kappa shape index (κ2) is 16.7. The van der Waals surface area contributed by atoms with Gasteiger partial charge in [-0.1, -0.05) is 55.3 Å². The molecule has 2 atom stereocenters. The van der Waals surface area contributed by atoms with E-state index in [1.54, 1.807) is 12.2 Å². The van der Waals surface area contributed by atoms with Crippen LogP contribution >= 0.6 is 0 Å². The average molecular weight is 515 g/mol. The Bertz CT molecular complexity index is 866. The zero-order valence-corrected chi connectivity index (χ0v) is 21.8. The third kappa shape index (κ3) is 11.3. The molecule has 0 spiro atoms. The molecular formula is C29H42N2O6. The summed E-state index contributed by atoms with van der Waals surface area (Å²) in [6, 6.07) is 9.06. The van der Waals surface area contributed by atoms with Crippen molar-refractivity contribution in [2.45, 2.75) is 76.0 Å². The molecule has 0 aliphatic heterocycles. The lowest BCUT2D eigenvalue weighted by Gasteiger charge is -2.29. The van der Waals surface area contributed by atoms with Crippen molar-refractivity contribution in [1.29, 1.82) is 0 Å². The van der Waals surface area contributed by atoms with Crippen LogP contribution in [0, 0.1) is 5.92 Å². The van der Waals surface area contributed by atoms with Crippen molar-refractivity contribution in [3.8, 4) is 0 Å². The number of nitrogens with one attached hydrogen (secondary N) is 2. The molecule has 3 N–H and O–H groups in total. The predicted octanol–water partition coefficient (Wildman–Crippen LogP) is 3.59. The van der Waals surface area contributed by atoms with E-state index in [1.807, 2.05) is 30.3 Å². The van der Waals surface area contributed by atoms with E-state index < -0.39 is 17.5 Å². The third-order valence-electron chi connectivity index (χ3n) is 6.53. The average Bonchev–Trinajstić information content (AvgIpc) is 3.36. The molecule has 1 saturated carbocycles. The van der Waals surface area contributed by atoms with Gasteiger partial charge in [0, 0.05) is 12.8 Å². The Hall–Kier alpha value is -2.97. The maximum absolute atomic E-state index is 13.2. The van der Waals surface area contributed by atoms with Crippen LogP contribution in [0.25, 0.3) is 0 Å².